The average molecular weight is 309 g/mol. The second-order valence-electron chi connectivity index (χ2n) is 4.82. The van der Waals surface area contributed by atoms with E-state index in [4.69, 9.17) is 17.3 Å². The molecular formula is C12H18ClFN2O2S. The van der Waals surface area contributed by atoms with Crippen molar-refractivity contribution >= 4 is 21.6 Å². The molecule has 4 nitrogen and oxygen atoms in total. The van der Waals surface area contributed by atoms with Crippen LogP contribution in [-0.4, -0.2) is 21.0 Å². The van der Waals surface area contributed by atoms with E-state index in [1.807, 2.05) is 13.8 Å². The molecule has 0 amide bonds. The van der Waals surface area contributed by atoms with Crippen LogP contribution in [0.15, 0.2) is 23.1 Å². The first-order chi connectivity index (χ1) is 8.72. The Morgan fingerprint density at radius 3 is 2.58 bits per heavy atom. The van der Waals surface area contributed by atoms with Gasteiger partial charge in [-0.05, 0) is 30.5 Å². The maximum Gasteiger partial charge on any atom is 0.240 e. The van der Waals surface area contributed by atoms with Gasteiger partial charge in [-0.1, -0.05) is 25.4 Å². The highest BCUT2D eigenvalue weighted by molar-refractivity contribution is 7.89. The van der Waals surface area contributed by atoms with Crippen molar-refractivity contribution < 1.29 is 12.8 Å². The Labute approximate surface area is 118 Å². The molecule has 0 saturated heterocycles. The molecule has 0 radical (unpaired) electrons. The van der Waals surface area contributed by atoms with Gasteiger partial charge in [-0.2, -0.15) is 0 Å². The Morgan fingerprint density at radius 2 is 2.05 bits per heavy atom. The second-order valence-corrected chi connectivity index (χ2v) is 6.99. The molecule has 108 valence electrons. The summed E-state index contributed by atoms with van der Waals surface area (Å²) in [5.74, 6) is -0.267. The minimum atomic E-state index is -3.71. The van der Waals surface area contributed by atoms with Crippen molar-refractivity contribution in [3.8, 4) is 0 Å². The van der Waals surface area contributed by atoms with Crippen molar-refractivity contribution in [1.29, 1.82) is 0 Å². The van der Waals surface area contributed by atoms with E-state index in [2.05, 4.69) is 4.72 Å². The SMILES string of the molecule is CC(C)CC(N)CNS(=O)(=O)c1ccc(F)c(Cl)c1. The second kappa shape index (κ2) is 6.65. The van der Waals surface area contributed by atoms with Gasteiger partial charge in [0, 0.05) is 12.6 Å². The molecule has 3 N–H and O–H groups in total. The first-order valence-corrected chi connectivity index (χ1v) is 7.79. The van der Waals surface area contributed by atoms with Gasteiger partial charge < -0.3 is 5.73 Å². The number of benzene rings is 1. The number of halogens is 2. The predicted octanol–water partition coefficient (Wildman–Crippen LogP) is 2.13. The van der Waals surface area contributed by atoms with Crippen molar-refractivity contribution in [2.24, 2.45) is 11.7 Å². The number of nitrogens with one attached hydrogen (secondary N) is 1. The smallest absolute Gasteiger partial charge is 0.240 e. The molecule has 7 heteroatoms. The van der Waals surface area contributed by atoms with E-state index in [0.717, 1.165) is 18.2 Å². The van der Waals surface area contributed by atoms with Crippen LogP contribution in [0.5, 0.6) is 0 Å². The molecule has 0 heterocycles. The molecule has 0 fully saturated rings. The van der Waals surface area contributed by atoms with E-state index in [1.54, 1.807) is 0 Å². The van der Waals surface area contributed by atoms with E-state index >= 15 is 0 Å². The molecule has 0 aliphatic rings. The van der Waals surface area contributed by atoms with Crippen LogP contribution >= 0.6 is 11.6 Å². The highest BCUT2D eigenvalue weighted by atomic mass is 35.5. The summed E-state index contributed by atoms with van der Waals surface area (Å²) < 4.78 is 39.2. The van der Waals surface area contributed by atoms with Gasteiger partial charge in [0.05, 0.1) is 9.92 Å². The summed E-state index contributed by atoms with van der Waals surface area (Å²) >= 11 is 5.56. The van der Waals surface area contributed by atoms with E-state index in [9.17, 15) is 12.8 Å². The van der Waals surface area contributed by atoms with Crippen molar-refractivity contribution in [1.82, 2.24) is 4.72 Å². The predicted molar refractivity (Wildman–Crippen MR) is 74.0 cm³/mol. The first kappa shape index (κ1) is 16.4. The largest absolute Gasteiger partial charge is 0.327 e. The van der Waals surface area contributed by atoms with E-state index in [0.29, 0.717) is 12.3 Å². The van der Waals surface area contributed by atoms with E-state index in [1.165, 1.54) is 0 Å². The van der Waals surface area contributed by atoms with Gasteiger partial charge in [0.25, 0.3) is 0 Å². The Morgan fingerprint density at radius 1 is 1.42 bits per heavy atom. The van der Waals surface area contributed by atoms with Gasteiger partial charge in [-0.15, -0.1) is 0 Å². The van der Waals surface area contributed by atoms with Crippen molar-refractivity contribution in [2.45, 2.75) is 31.2 Å². The quantitative estimate of drug-likeness (QED) is 0.845. The fourth-order valence-electron chi connectivity index (χ4n) is 1.63. The molecule has 1 rings (SSSR count). The highest BCUT2D eigenvalue weighted by Crippen LogP contribution is 2.19. The minimum Gasteiger partial charge on any atom is -0.327 e. The molecule has 0 saturated carbocycles. The molecule has 0 aromatic heterocycles. The first-order valence-electron chi connectivity index (χ1n) is 5.92. The summed E-state index contributed by atoms with van der Waals surface area (Å²) in [7, 11) is -3.71. The molecule has 0 aliphatic heterocycles. The van der Waals surface area contributed by atoms with Crippen LogP contribution in [0.4, 0.5) is 4.39 Å². The Balaban J connectivity index is 2.73. The van der Waals surface area contributed by atoms with Gasteiger partial charge >= 0.3 is 0 Å². The summed E-state index contributed by atoms with van der Waals surface area (Å²) in [6.07, 6.45) is 0.715. The van der Waals surface area contributed by atoms with Gasteiger partial charge in [0.15, 0.2) is 0 Å². The molecule has 0 spiro atoms. The van der Waals surface area contributed by atoms with Crippen LogP contribution in [-0.2, 0) is 10.0 Å². The van der Waals surface area contributed by atoms with Crippen LogP contribution < -0.4 is 10.5 Å². The zero-order valence-corrected chi connectivity index (χ0v) is 12.4. The molecule has 1 atom stereocenters. The number of rotatable bonds is 6. The minimum absolute atomic E-state index is 0.0735. The van der Waals surface area contributed by atoms with Crippen molar-refractivity contribution in [2.75, 3.05) is 6.54 Å². The molecular weight excluding hydrogens is 291 g/mol. The van der Waals surface area contributed by atoms with Crippen LogP contribution in [0.1, 0.15) is 20.3 Å². The highest BCUT2D eigenvalue weighted by Gasteiger charge is 2.17. The van der Waals surface area contributed by atoms with Gasteiger partial charge in [0.2, 0.25) is 10.0 Å². The lowest BCUT2D eigenvalue weighted by Crippen LogP contribution is -2.38. The number of nitrogens with two attached hydrogens (primary N) is 1. The number of sulfonamides is 1. The number of hydrogen-bond acceptors (Lipinski definition) is 3. The standard InChI is InChI=1S/C12H18ClFN2O2S/c1-8(2)5-9(15)7-16-19(17,18)10-3-4-12(14)11(13)6-10/h3-4,6,8-9,16H,5,7,15H2,1-2H3. The van der Waals surface area contributed by atoms with Gasteiger partial charge in [0.1, 0.15) is 5.82 Å². The van der Waals surface area contributed by atoms with E-state index < -0.39 is 15.8 Å². The van der Waals surface area contributed by atoms with Gasteiger partial charge in [-0.25, -0.2) is 17.5 Å². The molecule has 1 unspecified atom stereocenters. The third kappa shape index (κ3) is 5.06. The van der Waals surface area contributed by atoms with Crippen LogP contribution in [0, 0.1) is 11.7 Å². The third-order valence-corrected chi connectivity index (χ3v) is 4.22. The number of hydrogen-bond donors (Lipinski definition) is 2. The Hall–Kier alpha value is -0.690. The lowest BCUT2D eigenvalue weighted by Gasteiger charge is -2.15. The summed E-state index contributed by atoms with van der Waals surface area (Å²) in [6.45, 7) is 4.15. The summed E-state index contributed by atoms with van der Waals surface area (Å²) in [6, 6.07) is 3.00. The molecule has 0 aliphatic carbocycles. The van der Waals surface area contributed by atoms with Crippen molar-refractivity contribution in [3.05, 3.63) is 29.0 Å². The van der Waals surface area contributed by atoms with Crippen LogP contribution in [0.2, 0.25) is 5.02 Å². The topological polar surface area (TPSA) is 72.2 Å². The monoisotopic (exact) mass is 308 g/mol. The lowest BCUT2D eigenvalue weighted by atomic mass is 10.1. The van der Waals surface area contributed by atoms with Gasteiger partial charge in [-0.3, -0.25) is 0 Å². The molecule has 1 aromatic carbocycles. The fraction of sp³-hybridized carbons (Fsp3) is 0.500. The molecule has 0 bridgehead atoms. The lowest BCUT2D eigenvalue weighted by molar-refractivity contribution is 0.486. The zero-order chi connectivity index (χ0) is 14.6. The third-order valence-electron chi connectivity index (χ3n) is 2.51. The normalized spacial score (nSPS) is 13.8. The van der Waals surface area contributed by atoms with Crippen LogP contribution in [0.3, 0.4) is 0 Å². The maximum absolute atomic E-state index is 13.0. The Kier molecular flexibility index (Phi) is 5.73. The summed E-state index contributed by atoms with van der Waals surface area (Å²) in [5, 5.41) is -0.227. The van der Waals surface area contributed by atoms with E-state index in [-0.39, 0.29) is 22.5 Å². The average Bonchev–Trinajstić information content (AvgIpc) is 2.29. The Bertz CT molecular complexity index is 535. The zero-order valence-electron chi connectivity index (χ0n) is 10.9. The summed E-state index contributed by atoms with van der Waals surface area (Å²) in [5.41, 5.74) is 5.80. The molecule has 1 aromatic rings. The fourth-order valence-corrected chi connectivity index (χ4v) is 3.00. The molecule has 19 heavy (non-hydrogen) atoms. The summed E-state index contributed by atoms with van der Waals surface area (Å²) in [4.78, 5) is -0.0735. The van der Waals surface area contributed by atoms with Crippen molar-refractivity contribution in [3.63, 3.8) is 0 Å². The maximum atomic E-state index is 13.0. The van der Waals surface area contributed by atoms with Crippen LogP contribution in [0.25, 0.3) is 0 Å².